The number of hydrogen-bond acceptors (Lipinski definition) is 4. The van der Waals surface area contributed by atoms with E-state index in [1.165, 1.54) is 35.0 Å². The number of hydrogen-bond donors (Lipinski definition) is 0. The van der Waals surface area contributed by atoms with Gasteiger partial charge in [-0.3, -0.25) is 24.3 Å². The number of carbonyl (C=O) groups excluding carboxylic acids is 2. The lowest BCUT2D eigenvalue weighted by atomic mass is 10.2. The normalized spacial score (nSPS) is 10.5. The molecule has 0 spiro atoms. The van der Waals surface area contributed by atoms with Crippen LogP contribution in [0.3, 0.4) is 0 Å². The van der Waals surface area contributed by atoms with Gasteiger partial charge in [-0.1, -0.05) is 24.3 Å². The van der Waals surface area contributed by atoms with Crippen molar-refractivity contribution in [3.63, 3.8) is 0 Å². The predicted molar refractivity (Wildman–Crippen MR) is 80.2 cm³/mol. The van der Waals surface area contributed by atoms with Crippen molar-refractivity contribution in [3.8, 4) is 0 Å². The number of benzene rings is 2. The van der Waals surface area contributed by atoms with Crippen LogP contribution in [0.25, 0.3) is 10.9 Å². The van der Waals surface area contributed by atoms with Crippen molar-refractivity contribution < 1.29 is 14.5 Å². The van der Waals surface area contributed by atoms with Gasteiger partial charge in [-0.25, -0.2) is 0 Å². The molecule has 3 rings (SSSR count). The topological polar surface area (TPSA) is 82.2 Å². The number of nitro benzene ring substituents is 1. The maximum atomic E-state index is 12.6. The zero-order chi connectivity index (χ0) is 15.7. The average Bonchev–Trinajstić information content (AvgIpc) is 2.93. The van der Waals surface area contributed by atoms with E-state index in [1.807, 2.05) is 0 Å². The van der Waals surface area contributed by atoms with Gasteiger partial charge in [-0.2, -0.15) is 0 Å². The zero-order valence-electron chi connectivity index (χ0n) is 11.3. The molecule has 22 heavy (non-hydrogen) atoms. The van der Waals surface area contributed by atoms with E-state index >= 15 is 0 Å². The summed E-state index contributed by atoms with van der Waals surface area (Å²) in [5, 5.41) is 11.5. The van der Waals surface area contributed by atoms with Crippen LogP contribution < -0.4 is 0 Å². The first-order valence-electron chi connectivity index (χ1n) is 6.46. The summed E-state index contributed by atoms with van der Waals surface area (Å²) in [5.74, 6) is -0.423. The van der Waals surface area contributed by atoms with E-state index in [2.05, 4.69) is 0 Å². The first-order chi connectivity index (χ1) is 10.6. The Morgan fingerprint density at radius 2 is 1.91 bits per heavy atom. The van der Waals surface area contributed by atoms with Gasteiger partial charge in [-0.05, 0) is 12.1 Å². The van der Waals surface area contributed by atoms with Crippen LogP contribution in [0.5, 0.6) is 0 Å². The third kappa shape index (κ3) is 2.16. The SMILES string of the molecule is O=Cc1cn(C(=O)c2cccc([N+](=O)[O-])c2)c2ccccc12. The summed E-state index contributed by atoms with van der Waals surface area (Å²) in [5.41, 5.74) is 1.01. The maximum absolute atomic E-state index is 12.6. The number of nitro groups is 1. The maximum Gasteiger partial charge on any atom is 0.270 e. The lowest BCUT2D eigenvalue weighted by molar-refractivity contribution is -0.384. The van der Waals surface area contributed by atoms with Gasteiger partial charge >= 0.3 is 0 Å². The predicted octanol–water partition coefficient (Wildman–Crippen LogP) is 3.05. The molecule has 0 radical (unpaired) electrons. The van der Waals surface area contributed by atoms with Crippen LogP contribution in [0.4, 0.5) is 5.69 Å². The second-order valence-electron chi connectivity index (χ2n) is 4.70. The number of fused-ring (bicyclic) bond motifs is 1. The highest BCUT2D eigenvalue weighted by Crippen LogP contribution is 2.22. The molecule has 0 aliphatic rings. The molecule has 0 unspecified atom stereocenters. The Morgan fingerprint density at radius 3 is 2.64 bits per heavy atom. The molecule has 0 N–H and O–H groups in total. The first-order valence-corrected chi connectivity index (χ1v) is 6.46. The van der Waals surface area contributed by atoms with Gasteiger partial charge in [-0.15, -0.1) is 0 Å². The molecule has 108 valence electrons. The van der Waals surface area contributed by atoms with Crippen LogP contribution in [-0.4, -0.2) is 21.7 Å². The van der Waals surface area contributed by atoms with Gasteiger partial charge in [0.1, 0.15) is 0 Å². The second-order valence-corrected chi connectivity index (χ2v) is 4.70. The van der Waals surface area contributed by atoms with Crippen LogP contribution in [0.1, 0.15) is 20.7 Å². The number of para-hydroxylation sites is 1. The zero-order valence-corrected chi connectivity index (χ0v) is 11.3. The fourth-order valence-corrected chi connectivity index (χ4v) is 2.36. The van der Waals surface area contributed by atoms with E-state index in [1.54, 1.807) is 24.3 Å². The van der Waals surface area contributed by atoms with Crippen LogP contribution in [0.2, 0.25) is 0 Å². The largest absolute Gasteiger partial charge is 0.298 e. The Labute approximate surface area is 124 Å². The third-order valence-corrected chi connectivity index (χ3v) is 3.39. The monoisotopic (exact) mass is 294 g/mol. The highest BCUT2D eigenvalue weighted by atomic mass is 16.6. The second kappa shape index (κ2) is 5.25. The minimum Gasteiger partial charge on any atom is -0.298 e. The van der Waals surface area contributed by atoms with E-state index in [-0.39, 0.29) is 11.3 Å². The van der Waals surface area contributed by atoms with Crippen molar-refractivity contribution in [1.29, 1.82) is 0 Å². The number of non-ortho nitro benzene ring substituents is 1. The number of nitrogens with zero attached hydrogens (tertiary/aromatic N) is 2. The molecule has 1 heterocycles. The van der Waals surface area contributed by atoms with Crippen LogP contribution >= 0.6 is 0 Å². The van der Waals surface area contributed by atoms with E-state index in [0.29, 0.717) is 22.8 Å². The number of aldehydes is 1. The minimum absolute atomic E-state index is 0.155. The van der Waals surface area contributed by atoms with Crippen molar-refractivity contribution in [3.05, 3.63) is 76.0 Å². The molecule has 0 atom stereocenters. The van der Waals surface area contributed by atoms with Crippen LogP contribution in [0, 0.1) is 10.1 Å². The third-order valence-electron chi connectivity index (χ3n) is 3.39. The van der Waals surface area contributed by atoms with E-state index in [9.17, 15) is 19.7 Å². The minimum atomic E-state index is -0.554. The summed E-state index contributed by atoms with van der Waals surface area (Å²) in [6.07, 6.45) is 2.12. The van der Waals surface area contributed by atoms with Crippen molar-refractivity contribution in [2.24, 2.45) is 0 Å². The van der Waals surface area contributed by atoms with Crippen LogP contribution in [-0.2, 0) is 0 Å². The van der Waals surface area contributed by atoms with Crippen molar-refractivity contribution >= 4 is 28.8 Å². The highest BCUT2D eigenvalue weighted by molar-refractivity contribution is 6.07. The molecule has 2 aromatic carbocycles. The smallest absolute Gasteiger partial charge is 0.270 e. The fourth-order valence-electron chi connectivity index (χ4n) is 2.36. The summed E-state index contributed by atoms with van der Waals surface area (Å²) in [6.45, 7) is 0. The average molecular weight is 294 g/mol. The quantitative estimate of drug-likeness (QED) is 0.422. The lowest BCUT2D eigenvalue weighted by Crippen LogP contribution is -2.10. The molecule has 3 aromatic rings. The Balaban J connectivity index is 2.15. The van der Waals surface area contributed by atoms with E-state index in [4.69, 9.17) is 0 Å². The Morgan fingerprint density at radius 1 is 1.14 bits per heavy atom. The molecule has 0 aliphatic carbocycles. The number of aromatic nitrogens is 1. The van der Waals surface area contributed by atoms with Gasteiger partial charge in [0, 0.05) is 34.8 Å². The Kier molecular flexibility index (Phi) is 3.27. The van der Waals surface area contributed by atoms with Gasteiger partial charge in [0.15, 0.2) is 6.29 Å². The van der Waals surface area contributed by atoms with Gasteiger partial charge in [0.2, 0.25) is 0 Å². The molecule has 0 fully saturated rings. The van der Waals surface area contributed by atoms with Gasteiger partial charge in [0.25, 0.3) is 11.6 Å². The summed E-state index contributed by atoms with van der Waals surface area (Å²) >= 11 is 0. The summed E-state index contributed by atoms with van der Waals surface area (Å²) in [4.78, 5) is 34.0. The number of carbonyl (C=O) groups is 2. The van der Waals surface area contributed by atoms with Crippen LogP contribution in [0.15, 0.2) is 54.7 Å². The Bertz CT molecular complexity index is 911. The molecule has 1 aromatic heterocycles. The molecule has 6 nitrogen and oxygen atoms in total. The number of rotatable bonds is 3. The molecule has 0 saturated carbocycles. The molecular formula is C16H10N2O4. The Hall–Kier alpha value is -3.28. The molecule has 0 aliphatic heterocycles. The van der Waals surface area contributed by atoms with E-state index in [0.717, 1.165) is 0 Å². The highest BCUT2D eigenvalue weighted by Gasteiger charge is 2.17. The van der Waals surface area contributed by atoms with E-state index < -0.39 is 10.8 Å². The summed E-state index contributed by atoms with van der Waals surface area (Å²) < 4.78 is 1.33. The standard InChI is InChI=1S/C16H10N2O4/c19-10-12-9-17(15-7-2-1-6-14(12)15)16(20)11-4-3-5-13(8-11)18(21)22/h1-10H. The summed E-state index contributed by atoms with van der Waals surface area (Å²) in [6, 6.07) is 12.5. The van der Waals surface area contributed by atoms with Crippen molar-refractivity contribution in [1.82, 2.24) is 4.57 Å². The van der Waals surface area contributed by atoms with Crippen molar-refractivity contribution in [2.45, 2.75) is 0 Å². The summed E-state index contributed by atoms with van der Waals surface area (Å²) in [7, 11) is 0. The molecule has 0 amide bonds. The molecular weight excluding hydrogens is 284 g/mol. The van der Waals surface area contributed by atoms with Gasteiger partial charge in [0.05, 0.1) is 10.4 Å². The van der Waals surface area contributed by atoms with Crippen molar-refractivity contribution in [2.75, 3.05) is 0 Å². The fraction of sp³-hybridized carbons (Fsp3) is 0. The van der Waals surface area contributed by atoms with Gasteiger partial charge < -0.3 is 0 Å². The molecule has 6 heteroatoms. The lowest BCUT2D eigenvalue weighted by Gasteiger charge is -2.04. The first kappa shape index (κ1) is 13.7. The molecule has 0 saturated heterocycles. The molecule has 0 bridgehead atoms.